The molecule has 1 fully saturated rings. The van der Waals surface area contributed by atoms with Crippen molar-refractivity contribution in [3.63, 3.8) is 0 Å². The topological polar surface area (TPSA) is 107 Å². The van der Waals surface area contributed by atoms with E-state index >= 15 is 0 Å². The molecule has 0 aromatic heterocycles. The molecule has 1 rings (SSSR count). The van der Waals surface area contributed by atoms with E-state index in [1.807, 2.05) is 6.08 Å². The molecule has 0 bridgehead atoms. The number of unbranched alkanes of at least 4 members (excludes halogenated alkanes) is 3. The number of aliphatic hydroxyl groups is 3. The summed E-state index contributed by atoms with van der Waals surface area (Å²) in [6.45, 7) is 2.12. The Kier molecular flexibility index (Phi) is 11.8. The van der Waals surface area contributed by atoms with E-state index in [0.717, 1.165) is 44.9 Å². The van der Waals surface area contributed by atoms with E-state index in [0.29, 0.717) is 12.8 Å². The minimum absolute atomic E-state index is 0.00253. The van der Waals surface area contributed by atoms with Crippen LogP contribution in [0.3, 0.4) is 0 Å². The first-order valence-corrected chi connectivity index (χ1v) is 10.4. The van der Waals surface area contributed by atoms with Gasteiger partial charge in [0.05, 0.1) is 30.8 Å². The molecule has 6 nitrogen and oxygen atoms in total. The van der Waals surface area contributed by atoms with Gasteiger partial charge < -0.3 is 25.2 Å². The molecule has 0 aliphatic heterocycles. The van der Waals surface area contributed by atoms with Crippen LogP contribution in [0.5, 0.6) is 0 Å². The molecule has 158 valence electrons. The summed E-state index contributed by atoms with van der Waals surface area (Å²) in [6, 6.07) is 0. The van der Waals surface area contributed by atoms with Crippen LogP contribution in [0.25, 0.3) is 0 Å². The van der Waals surface area contributed by atoms with Crippen molar-refractivity contribution < 1.29 is 30.0 Å². The maximum Gasteiger partial charge on any atom is 0.305 e. The zero-order valence-corrected chi connectivity index (χ0v) is 16.8. The lowest BCUT2D eigenvalue weighted by atomic mass is 9.87. The molecule has 0 heterocycles. The molecule has 27 heavy (non-hydrogen) atoms. The fourth-order valence-corrected chi connectivity index (χ4v) is 3.98. The Morgan fingerprint density at radius 2 is 1.85 bits per heavy atom. The predicted molar refractivity (Wildman–Crippen MR) is 104 cm³/mol. The predicted octanol–water partition coefficient (Wildman–Crippen LogP) is 2.89. The monoisotopic (exact) mass is 386 g/mol. The number of hydrogen-bond acceptors (Lipinski definition) is 5. The summed E-state index contributed by atoms with van der Waals surface area (Å²) in [5.41, 5.74) is 0. The number of carboxylic acids is 1. The summed E-state index contributed by atoms with van der Waals surface area (Å²) in [7, 11) is 1.53. The summed E-state index contributed by atoms with van der Waals surface area (Å²) in [5.74, 6) is -1.03. The van der Waals surface area contributed by atoms with Gasteiger partial charge >= 0.3 is 5.97 Å². The second-order valence-corrected chi connectivity index (χ2v) is 7.80. The zero-order valence-electron chi connectivity index (χ0n) is 16.8. The minimum atomic E-state index is -0.862. The van der Waals surface area contributed by atoms with Crippen LogP contribution in [-0.4, -0.2) is 57.9 Å². The number of hydrogen-bond donors (Lipinski definition) is 4. The molecule has 4 N–H and O–H groups in total. The largest absolute Gasteiger partial charge is 0.481 e. The second-order valence-electron chi connectivity index (χ2n) is 7.80. The van der Waals surface area contributed by atoms with Crippen LogP contribution in [0.2, 0.25) is 0 Å². The molecular formula is C21H38O6. The van der Waals surface area contributed by atoms with Crippen molar-refractivity contribution >= 4 is 5.97 Å². The Morgan fingerprint density at radius 3 is 2.48 bits per heavy atom. The minimum Gasteiger partial charge on any atom is -0.481 e. The summed E-state index contributed by atoms with van der Waals surface area (Å²) < 4.78 is 5.19. The van der Waals surface area contributed by atoms with Crippen molar-refractivity contribution in [2.24, 2.45) is 11.8 Å². The van der Waals surface area contributed by atoms with Gasteiger partial charge in [-0.25, -0.2) is 0 Å². The number of ether oxygens (including phenoxy) is 1. The number of carboxylic acid groups (broad SMARTS) is 1. The smallest absolute Gasteiger partial charge is 0.305 e. The second kappa shape index (κ2) is 13.3. The third kappa shape index (κ3) is 9.19. The first-order chi connectivity index (χ1) is 12.9. The van der Waals surface area contributed by atoms with E-state index in [9.17, 15) is 20.1 Å². The Balaban J connectivity index is 2.45. The maximum absolute atomic E-state index is 10.8. The van der Waals surface area contributed by atoms with E-state index in [1.54, 1.807) is 6.08 Å². The van der Waals surface area contributed by atoms with Crippen molar-refractivity contribution in [2.75, 3.05) is 7.11 Å². The normalized spacial score (nSPS) is 27.9. The first kappa shape index (κ1) is 24.1. The Morgan fingerprint density at radius 1 is 1.15 bits per heavy atom. The number of aliphatic hydroxyl groups excluding tert-OH is 3. The molecule has 6 atom stereocenters. The average molecular weight is 387 g/mol. The first-order valence-electron chi connectivity index (χ1n) is 10.4. The van der Waals surface area contributed by atoms with Gasteiger partial charge in [0.25, 0.3) is 0 Å². The molecule has 6 heteroatoms. The maximum atomic E-state index is 10.8. The highest BCUT2D eigenvalue weighted by atomic mass is 16.5. The highest BCUT2D eigenvalue weighted by Crippen LogP contribution is 2.37. The van der Waals surface area contributed by atoms with Crippen LogP contribution in [-0.2, 0) is 9.53 Å². The van der Waals surface area contributed by atoms with Crippen molar-refractivity contribution in [3.8, 4) is 0 Å². The Labute approximate surface area is 163 Å². The van der Waals surface area contributed by atoms with Crippen molar-refractivity contribution in [1.82, 2.24) is 0 Å². The summed E-state index contributed by atoms with van der Waals surface area (Å²) in [5, 5.41) is 39.4. The van der Waals surface area contributed by atoms with Crippen molar-refractivity contribution in [3.05, 3.63) is 12.2 Å². The molecule has 0 radical (unpaired) electrons. The highest BCUT2D eigenvalue weighted by Gasteiger charge is 2.39. The fourth-order valence-electron chi connectivity index (χ4n) is 3.98. The van der Waals surface area contributed by atoms with E-state index in [-0.39, 0.29) is 24.4 Å². The van der Waals surface area contributed by atoms with Crippen LogP contribution >= 0.6 is 0 Å². The lowest BCUT2D eigenvalue weighted by molar-refractivity contribution is -0.139. The molecule has 0 amide bonds. The zero-order chi connectivity index (χ0) is 20.2. The van der Waals surface area contributed by atoms with Crippen LogP contribution in [0.4, 0.5) is 0 Å². The van der Waals surface area contributed by atoms with Crippen LogP contribution < -0.4 is 0 Å². The van der Waals surface area contributed by atoms with Gasteiger partial charge in [0.1, 0.15) is 0 Å². The third-order valence-electron chi connectivity index (χ3n) is 5.62. The number of aliphatic carboxylic acids is 1. The molecule has 1 aliphatic rings. The fraction of sp³-hybridized carbons (Fsp3) is 0.857. The summed E-state index contributed by atoms with van der Waals surface area (Å²) >= 11 is 0. The molecule has 0 spiro atoms. The standard InChI is InChI=1S/C21H38O6/c1-3-4-5-8-15(22)11-12-18-17(19(23)14-20(18)24)10-7-6-9-16(27-2)13-21(25)26/h11-12,15-20,22-24H,3-10,13-14H2,1-2H3,(H,25,26)/t15-,16?,17+,18+,19-,20+/m0/s1. The van der Waals surface area contributed by atoms with Crippen molar-refractivity contribution in [1.29, 1.82) is 0 Å². The van der Waals surface area contributed by atoms with Crippen molar-refractivity contribution in [2.45, 2.75) is 95.5 Å². The molecule has 0 aromatic carbocycles. The van der Waals surface area contributed by atoms with E-state index in [4.69, 9.17) is 9.84 Å². The number of methoxy groups -OCH3 is 1. The SMILES string of the molecule is CCCCC[C@H](O)C=C[C@@H]1[C@@H](CCCCC(CC(=O)O)OC)[C@@H](O)C[C@H]1O. The molecule has 1 aliphatic carbocycles. The van der Waals surface area contributed by atoms with Gasteiger partial charge in [0.15, 0.2) is 0 Å². The van der Waals surface area contributed by atoms with Crippen LogP contribution in [0, 0.1) is 11.8 Å². The van der Waals surface area contributed by atoms with Gasteiger partial charge in [-0.1, -0.05) is 51.2 Å². The van der Waals surface area contributed by atoms with Gasteiger partial charge in [0, 0.05) is 19.4 Å². The van der Waals surface area contributed by atoms with Crippen LogP contribution in [0.1, 0.15) is 71.1 Å². The van der Waals surface area contributed by atoms with E-state index < -0.39 is 24.3 Å². The lowest BCUT2D eigenvalue weighted by Gasteiger charge is -2.21. The number of rotatable bonds is 14. The molecule has 1 saturated carbocycles. The van der Waals surface area contributed by atoms with Gasteiger partial charge in [-0.15, -0.1) is 0 Å². The number of carbonyl (C=O) groups is 1. The Bertz CT molecular complexity index is 438. The lowest BCUT2D eigenvalue weighted by Crippen LogP contribution is -2.21. The van der Waals surface area contributed by atoms with E-state index in [1.165, 1.54) is 7.11 Å². The third-order valence-corrected chi connectivity index (χ3v) is 5.62. The van der Waals surface area contributed by atoms with Gasteiger partial charge in [-0.3, -0.25) is 4.79 Å². The summed E-state index contributed by atoms with van der Waals surface area (Å²) in [4.78, 5) is 10.8. The quantitative estimate of drug-likeness (QED) is 0.270. The molecule has 0 aromatic rings. The highest BCUT2D eigenvalue weighted by molar-refractivity contribution is 5.67. The van der Waals surface area contributed by atoms with E-state index in [2.05, 4.69) is 6.92 Å². The average Bonchev–Trinajstić information content (AvgIpc) is 2.88. The van der Waals surface area contributed by atoms with Gasteiger partial charge in [0.2, 0.25) is 0 Å². The Hall–Kier alpha value is -0.950. The van der Waals surface area contributed by atoms with Crippen LogP contribution in [0.15, 0.2) is 12.2 Å². The summed E-state index contributed by atoms with van der Waals surface area (Å²) in [6.07, 6.45) is 9.14. The molecule has 0 saturated heterocycles. The molecular weight excluding hydrogens is 348 g/mol. The van der Waals surface area contributed by atoms with Gasteiger partial charge in [-0.2, -0.15) is 0 Å². The molecule has 1 unspecified atom stereocenters. The van der Waals surface area contributed by atoms with Gasteiger partial charge in [-0.05, 0) is 25.2 Å².